The van der Waals surface area contributed by atoms with Crippen LogP contribution < -0.4 is 15.5 Å². The number of aryl methyl sites for hydroxylation is 1. The number of hydrogen-bond donors (Lipinski definition) is 3. The molecule has 2 aromatic carbocycles. The smallest absolute Gasteiger partial charge is 0.273 e. The van der Waals surface area contributed by atoms with Gasteiger partial charge >= 0.3 is 0 Å². The first kappa shape index (κ1) is 26.9. The van der Waals surface area contributed by atoms with Crippen LogP contribution in [0, 0.1) is 12.7 Å². The van der Waals surface area contributed by atoms with Gasteiger partial charge in [0.05, 0.1) is 48.8 Å². The van der Waals surface area contributed by atoms with E-state index in [1.807, 2.05) is 11.0 Å². The molecule has 3 N–H and O–H groups in total. The molecule has 5 rings (SSSR count). The number of carbonyl (C=O) groups is 2. The lowest BCUT2D eigenvalue weighted by atomic mass is 10.1. The van der Waals surface area contributed by atoms with E-state index < -0.39 is 23.7 Å². The predicted octanol–water partition coefficient (Wildman–Crippen LogP) is 2.66. The van der Waals surface area contributed by atoms with Crippen LogP contribution in [-0.2, 0) is 4.74 Å². The third-order valence-electron chi connectivity index (χ3n) is 6.45. The number of halogens is 1. The maximum atomic E-state index is 14.4. The number of carbonyl (C=O) groups excluding carboxylic acids is 2. The van der Waals surface area contributed by atoms with Crippen molar-refractivity contribution >= 4 is 23.2 Å². The molecule has 2 aromatic heterocycles. The predicted molar refractivity (Wildman–Crippen MR) is 145 cm³/mol. The van der Waals surface area contributed by atoms with Gasteiger partial charge in [-0.15, -0.1) is 5.10 Å². The van der Waals surface area contributed by atoms with E-state index in [1.165, 1.54) is 29.2 Å². The standard InChI is InChI=1S/C28H28FN7O4/c1-18-25(36-17-24(33-34-36)28(39)31-16-26(37)19-5-3-2-4-6-19)14-22(15-30-18)32-27(38)20-11-21(29)13-23(12-20)35-7-9-40-10-8-35/h2-6,11-15,17,26,37H,7-10,16H2,1H3,(H,31,39)(H,32,38). The largest absolute Gasteiger partial charge is 0.387 e. The van der Waals surface area contributed by atoms with Gasteiger partial charge in [0.1, 0.15) is 5.82 Å². The lowest BCUT2D eigenvalue weighted by molar-refractivity contribution is 0.0911. The number of benzene rings is 2. The fourth-order valence-corrected chi connectivity index (χ4v) is 4.29. The summed E-state index contributed by atoms with van der Waals surface area (Å²) in [5.41, 5.74) is 2.93. The van der Waals surface area contributed by atoms with Gasteiger partial charge in [0.2, 0.25) is 0 Å². The van der Waals surface area contributed by atoms with E-state index in [0.29, 0.717) is 54.6 Å². The van der Waals surface area contributed by atoms with E-state index in [-0.39, 0.29) is 17.8 Å². The first-order valence-electron chi connectivity index (χ1n) is 12.7. The number of hydrogen-bond acceptors (Lipinski definition) is 8. The number of amides is 2. The molecule has 0 saturated carbocycles. The van der Waals surface area contributed by atoms with Crippen molar-refractivity contribution in [2.75, 3.05) is 43.1 Å². The molecule has 1 fully saturated rings. The van der Waals surface area contributed by atoms with Crippen molar-refractivity contribution < 1.29 is 23.8 Å². The lowest BCUT2D eigenvalue weighted by Gasteiger charge is -2.29. The van der Waals surface area contributed by atoms with Crippen LogP contribution in [0.1, 0.15) is 38.2 Å². The number of nitrogens with one attached hydrogen (secondary N) is 2. The summed E-state index contributed by atoms with van der Waals surface area (Å²) in [5.74, 6) is -1.51. The molecule has 40 heavy (non-hydrogen) atoms. The van der Waals surface area contributed by atoms with E-state index in [2.05, 4.69) is 25.9 Å². The van der Waals surface area contributed by atoms with Crippen LogP contribution in [-0.4, -0.2) is 69.7 Å². The Morgan fingerprint density at radius 3 is 2.65 bits per heavy atom. The van der Waals surface area contributed by atoms with Gasteiger partial charge in [0.25, 0.3) is 11.8 Å². The molecule has 4 aromatic rings. The highest BCUT2D eigenvalue weighted by atomic mass is 19.1. The Morgan fingerprint density at radius 2 is 1.88 bits per heavy atom. The topological polar surface area (TPSA) is 134 Å². The van der Waals surface area contributed by atoms with E-state index in [1.54, 1.807) is 43.3 Å². The number of morpholine rings is 1. The highest BCUT2D eigenvalue weighted by Gasteiger charge is 2.18. The van der Waals surface area contributed by atoms with Crippen LogP contribution in [0.4, 0.5) is 15.8 Å². The maximum Gasteiger partial charge on any atom is 0.273 e. The van der Waals surface area contributed by atoms with Crippen LogP contribution in [0.5, 0.6) is 0 Å². The number of nitrogens with zero attached hydrogens (tertiary/aromatic N) is 5. The molecule has 1 aliphatic rings. The zero-order valence-corrected chi connectivity index (χ0v) is 21.7. The molecule has 3 heterocycles. The van der Waals surface area contributed by atoms with Gasteiger partial charge in [-0.1, -0.05) is 35.5 Å². The minimum Gasteiger partial charge on any atom is -0.387 e. The van der Waals surface area contributed by atoms with Crippen LogP contribution >= 0.6 is 0 Å². The van der Waals surface area contributed by atoms with Crippen molar-refractivity contribution in [3.05, 3.63) is 95.3 Å². The SMILES string of the molecule is Cc1ncc(NC(=O)c2cc(F)cc(N3CCOCC3)c2)cc1-n1cc(C(=O)NCC(O)c2ccccc2)nn1. The van der Waals surface area contributed by atoms with Gasteiger partial charge < -0.3 is 25.4 Å². The molecule has 2 amide bonds. The monoisotopic (exact) mass is 545 g/mol. The maximum absolute atomic E-state index is 14.4. The zero-order valence-electron chi connectivity index (χ0n) is 21.7. The second-order valence-corrected chi connectivity index (χ2v) is 9.27. The Hall–Kier alpha value is -4.68. The summed E-state index contributed by atoms with van der Waals surface area (Å²) in [6, 6.07) is 14.8. The summed E-state index contributed by atoms with van der Waals surface area (Å²) in [5, 5.41) is 23.7. The molecule has 12 heteroatoms. The Bertz CT molecular complexity index is 1510. The summed E-state index contributed by atoms with van der Waals surface area (Å²) < 4.78 is 21.1. The van der Waals surface area contributed by atoms with Crippen molar-refractivity contribution in [2.45, 2.75) is 13.0 Å². The Labute approximate surface area is 229 Å². The lowest BCUT2D eigenvalue weighted by Crippen LogP contribution is -2.36. The third kappa shape index (κ3) is 6.30. The van der Waals surface area contributed by atoms with E-state index >= 15 is 0 Å². The molecule has 1 atom stereocenters. The van der Waals surface area contributed by atoms with Crippen molar-refractivity contribution in [1.82, 2.24) is 25.3 Å². The fourth-order valence-electron chi connectivity index (χ4n) is 4.29. The highest BCUT2D eigenvalue weighted by molar-refractivity contribution is 6.05. The van der Waals surface area contributed by atoms with Crippen molar-refractivity contribution in [3.8, 4) is 5.69 Å². The highest BCUT2D eigenvalue weighted by Crippen LogP contribution is 2.22. The second kappa shape index (κ2) is 12.0. The summed E-state index contributed by atoms with van der Waals surface area (Å²) in [4.78, 5) is 31.9. The van der Waals surface area contributed by atoms with Crippen molar-refractivity contribution in [1.29, 1.82) is 0 Å². The Kier molecular flexibility index (Phi) is 8.08. The van der Waals surface area contributed by atoms with Gasteiger partial charge in [0, 0.05) is 30.9 Å². The number of ether oxygens (including phenoxy) is 1. The van der Waals surface area contributed by atoms with Crippen molar-refractivity contribution in [3.63, 3.8) is 0 Å². The summed E-state index contributed by atoms with van der Waals surface area (Å²) in [6.45, 7) is 4.06. The molecule has 206 valence electrons. The summed E-state index contributed by atoms with van der Waals surface area (Å²) in [6.07, 6.45) is 2.05. The molecule has 0 radical (unpaired) electrons. The fraction of sp³-hybridized carbons (Fsp3) is 0.250. The first-order valence-corrected chi connectivity index (χ1v) is 12.7. The minimum absolute atomic E-state index is 0.00510. The average Bonchev–Trinajstić information content (AvgIpc) is 3.47. The number of anilines is 2. The number of aliphatic hydroxyl groups excluding tert-OH is 1. The van der Waals surface area contributed by atoms with Gasteiger partial charge in [0.15, 0.2) is 5.69 Å². The summed E-state index contributed by atoms with van der Waals surface area (Å²) >= 11 is 0. The number of rotatable bonds is 8. The molecule has 1 unspecified atom stereocenters. The number of aromatic nitrogens is 4. The molecule has 1 saturated heterocycles. The molecule has 0 aliphatic carbocycles. The molecule has 1 aliphatic heterocycles. The Balaban J connectivity index is 1.27. The molecule has 0 bridgehead atoms. The van der Waals surface area contributed by atoms with Crippen LogP contribution in [0.25, 0.3) is 5.69 Å². The average molecular weight is 546 g/mol. The molecular formula is C28H28FN7O4. The number of aliphatic hydroxyl groups is 1. The van der Waals surface area contributed by atoms with Gasteiger partial charge in [-0.2, -0.15) is 0 Å². The molecule has 11 nitrogen and oxygen atoms in total. The van der Waals surface area contributed by atoms with E-state index in [9.17, 15) is 19.1 Å². The van der Waals surface area contributed by atoms with E-state index in [0.717, 1.165) is 0 Å². The zero-order chi connectivity index (χ0) is 28.1. The van der Waals surface area contributed by atoms with Gasteiger partial charge in [-0.3, -0.25) is 14.6 Å². The van der Waals surface area contributed by atoms with Crippen LogP contribution in [0.15, 0.2) is 67.0 Å². The van der Waals surface area contributed by atoms with Crippen LogP contribution in [0.2, 0.25) is 0 Å². The van der Waals surface area contributed by atoms with Crippen molar-refractivity contribution in [2.24, 2.45) is 0 Å². The molecule has 0 spiro atoms. The van der Waals surface area contributed by atoms with E-state index in [4.69, 9.17) is 4.74 Å². The Morgan fingerprint density at radius 1 is 1.10 bits per heavy atom. The van der Waals surface area contributed by atoms with Gasteiger partial charge in [-0.05, 0) is 36.8 Å². The minimum atomic E-state index is -0.866. The third-order valence-corrected chi connectivity index (χ3v) is 6.45. The normalized spacial score (nSPS) is 14.0. The molecular weight excluding hydrogens is 517 g/mol. The first-order chi connectivity index (χ1) is 19.4. The van der Waals surface area contributed by atoms with Gasteiger partial charge in [-0.25, -0.2) is 9.07 Å². The van der Waals surface area contributed by atoms with Crippen LogP contribution in [0.3, 0.4) is 0 Å². The second-order valence-electron chi connectivity index (χ2n) is 9.27. The quantitative estimate of drug-likeness (QED) is 0.308. The summed E-state index contributed by atoms with van der Waals surface area (Å²) in [7, 11) is 0. The number of pyridine rings is 1.